The summed E-state index contributed by atoms with van der Waals surface area (Å²) in [5, 5.41) is 0. The van der Waals surface area contributed by atoms with Crippen molar-refractivity contribution in [3.8, 4) is 0 Å². The van der Waals surface area contributed by atoms with Crippen LogP contribution in [-0.2, 0) is 4.79 Å². The molecule has 1 aliphatic heterocycles. The number of halogens is 1. The zero-order valence-corrected chi connectivity index (χ0v) is 16.1. The number of rotatable bonds is 4. The van der Waals surface area contributed by atoms with Crippen molar-refractivity contribution >= 4 is 27.6 Å². The first kappa shape index (κ1) is 18.5. The first-order chi connectivity index (χ1) is 12.5. The number of nitrogens with zero attached hydrogens (tertiary/aromatic N) is 3. The van der Waals surface area contributed by atoms with Gasteiger partial charge in [-0.1, -0.05) is 34.1 Å². The average Bonchev–Trinajstić information content (AvgIpc) is 2.64. The fraction of sp³-hybridized carbons (Fsp3) is 0.316. The minimum Gasteiger partial charge on any atom is -0.338 e. The first-order valence-electron chi connectivity index (χ1n) is 8.41. The summed E-state index contributed by atoms with van der Waals surface area (Å²) in [5.41, 5.74) is 0.0295. The van der Waals surface area contributed by atoms with Gasteiger partial charge in [-0.15, -0.1) is 0 Å². The van der Waals surface area contributed by atoms with Crippen LogP contribution in [0.2, 0.25) is 0 Å². The van der Waals surface area contributed by atoms with Gasteiger partial charge in [0.1, 0.15) is 0 Å². The Morgan fingerprint density at radius 2 is 1.65 bits per heavy atom. The smallest absolute Gasteiger partial charge is 0.253 e. The van der Waals surface area contributed by atoms with Gasteiger partial charge in [-0.05, 0) is 25.2 Å². The summed E-state index contributed by atoms with van der Waals surface area (Å²) >= 11 is 3.34. The quantitative estimate of drug-likeness (QED) is 0.562. The summed E-state index contributed by atoms with van der Waals surface area (Å²) in [6.07, 6.45) is 1.50. The van der Waals surface area contributed by atoms with E-state index in [2.05, 4.69) is 20.8 Å². The predicted octanol–water partition coefficient (Wildman–Crippen LogP) is 1.81. The number of ketones is 1. The lowest BCUT2D eigenvalue weighted by Gasteiger charge is -2.34. The van der Waals surface area contributed by atoms with Crippen molar-refractivity contribution in [3.05, 3.63) is 69.1 Å². The van der Waals surface area contributed by atoms with E-state index in [0.29, 0.717) is 18.7 Å². The molecule has 6 nitrogen and oxygen atoms in total. The zero-order valence-electron chi connectivity index (χ0n) is 14.5. The van der Waals surface area contributed by atoms with Gasteiger partial charge in [0.15, 0.2) is 11.8 Å². The molecule has 0 spiro atoms. The highest BCUT2D eigenvalue weighted by Crippen LogP contribution is 2.19. The van der Waals surface area contributed by atoms with Crippen molar-refractivity contribution in [2.24, 2.45) is 0 Å². The number of piperazine rings is 1. The Labute approximate surface area is 160 Å². The maximum atomic E-state index is 13.2. The Balaban J connectivity index is 1.98. The minimum absolute atomic E-state index is 0.334. The van der Waals surface area contributed by atoms with Crippen molar-refractivity contribution in [1.29, 1.82) is 0 Å². The molecule has 2 aromatic rings. The lowest BCUT2D eigenvalue weighted by Crippen LogP contribution is -2.51. The molecule has 3 rings (SSSR count). The predicted molar refractivity (Wildman–Crippen MR) is 102 cm³/mol. The molecule has 0 aliphatic carbocycles. The van der Waals surface area contributed by atoms with Crippen LogP contribution in [0.25, 0.3) is 0 Å². The Bertz CT molecular complexity index is 855. The van der Waals surface area contributed by atoms with Crippen molar-refractivity contribution < 1.29 is 9.59 Å². The summed E-state index contributed by atoms with van der Waals surface area (Å²) in [6, 6.07) is 10.2. The third-order valence-electron chi connectivity index (χ3n) is 4.56. The van der Waals surface area contributed by atoms with Crippen LogP contribution in [0.3, 0.4) is 0 Å². The Kier molecular flexibility index (Phi) is 5.68. The minimum atomic E-state index is -1.19. The molecule has 0 saturated carbocycles. The molecule has 0 N–H and O–H groups in total. The molecule has 1 aromatic carbocycles. The van der Waals surface area contributed by atoms with Gasteiger partial charge in [-0.3, -0.25) is 19.0 Å². The third-order valence-corrected chi connectivity index (χ3v) is 5.08. The van der Waals surface area contributed by atoms with E-state index in [-0.39, 0.29) is 17.2 Å². The van der Waals surface area contributed by atoms with Gasteiger partial charge in [0.25, 0.3) is 11.5 Å². The van der Waals surface area contributed by atoms with Gasteiger partial charge in [0.2, 0.25) is 0 Å². The lowest BCUT2D eigenvalue weighted by atomic mass is 10.0. The average molecular weight is 418 g/mol. The van der Waals surface area contributed by atoms with Crippen LogP contribution >= 0.6 is 15.9 Å². The molecule has 136 valence electrons. The summed E-state index contributed by atoms with van der Waals surface area (Å²) < 4.78 is 2.07. The molecule has 0 radical (unpaired) electrons. The molecular formula is C19H20BrN3O3. The van der Waals surface area contributed by atoms with Crippen LogP contribution in [0.15, 0.2) is 57.9 Å². The molecular weight excluding hydrogens is 398 g/mol. The number of carbonyl (C=O) groups is 2. The van der Waals surface area contributed by atoms with E-state index in [1.807, 2.05) is 7.05 Å². The van der Waals surface area contributed by atoms with Gasteiger partial charge < -0.3 is 9.80 Å². The summed E-state index contributed by atoms with van der Waals surface area (Å²) in [4.78, 5) is 42.4. The number of carbonyl (C=O) groups excluding carboxylic acids is 2. The number of benzene rings is 1. The number of hydrogen-bond acceptors (Lipinski definition) is 4. The normalized spacial score (nSPS) is 16.3. The molecule has 7 heteroatoms. The highest BCUT2D eigenvalue weighted by atomic mass is 79.9. The molecule has 1 fully saturated rings. The first-order valence-corrected chi connectivity index (χ1v) is 9.21. The van der Waals surface area contributed by atoms with E-state index in [1.165, 1.54) is 16.8 Å². The number of likely N-dealkylation sites (N-methyl/N-ethyl adjacent to an activating group) is 1. The van der Waals surface area contributed by atoms with Gasteiger partial charge >= 0.3 is 0 Å². The monoisotopic (exact) mass is 417 g/mol. The highest BCUT2D eigenvalue weighted by molar-refractivity contribution is 9.10. The molecule has 1 amide bonds. The van der Waals surface area contributed by atoms with Crippen LogP contribution in [0, 0.1) is 0 Å². The van der Waals surface area contributed by atoms with E-state index in [0.717, 1.165) is 17.6 Å². The number of Topliss-reactive ketones (excluding diaryl/α,β-unsaturated/α-hetero) is 1. The standard InChI is InChI=1S/C19H20BrN3O3/c1-21-10-12-22(13-11-21)19(26)17(23-9-3-2-4-16(23)24)18(25)14-5-7-15(20)8-6-14/h2-9,17H,10-13H2,1H3. The highest BCUT2D eigenvalue weighted by Gasteiger charge is 2.34. The molecule has 1 aliphatic rings. The number of amides is 1. The van der Waals surface area contributed by atoms with Crippen LogP contribution in [-0.4, -0.2) is 59.3 Å². The second-order valence-corrected chi connectivity index (χ2v) is 7.26. The maximum Gasteiger partial charge on any atom is 0.253 e. The zero-order chi connectivity index (χ0) is 18.7. The van der Waals surface area contributed by atoms with Crippen LogP contribution < -0.4 is 5.56 Å². The van der Waals surface area contributed by atoms with Crippen LogP contribution in [0.4, 0.5) is 0 Å². The Morgan fingerprint density at radius 3 is 2.27 bits per heavy atom. The van der Waals surface area contributed by atoms with E-state index < -0.39 is 6.04 Å². The van der Waals surface area contributed by atoms with Gasteiger partial charge in [0, 0.05) is 48.5 Å². The molecule has 0 bridgehead atoms. The van der Waals surface area contributed by atoms with E-state index in [9.17, 15) is 14.4 Å². The molecule has 1 aromatic heterocycles. The van der Waals surface area contributed by atoms with Crippen molar-refractivity contribution in [2.75, 3.05) is 33.2 Å². The molecule has 26 heavy (non-hydrogen) atoms. The molecule has 1 saturated heterocycles. The third kappa shape index (κ3) is 3.94. The fourth-order valence-corrected chi connectivity index (χ4v) is 3.25. The topological polar surface area (TPSA) is 62.6 Å². The number of pyridine rings is 1. The summed E-state index contributed by atoms with van der Waals surface area (Å²) in [6.45, 7) is 2.57. The fourth-order valence-electron chi connectivity index (χ4n) is 2.98. The second kappa shape index (κ2) is 7.97. The van der Waals surface area contributed by atoms with Gasteiger partial charge in [-0.2, -0.15) is 0 Å². The number of aromatic nitrogens is 1. The van der Waals surface area contributed by atoms with Crippen LogP contribution in [0.1, 0.15) is 16.4 Å². The lowest BCUT2D eigenvalue weighted by molar-refractivity contribution is -0.135. The Morgan fingerprint density at radius 1 is 1.00 bits per heavy atom. The second-order valence-electron chi connectivity index (χ2n) is 6.35. The Hall–Kier alpha value is -2.25. The van der Waals surface area contributed by atoms with Crippen molar-refractivity contribution in [2.45, 2.75) is 6.04 Å². The summed E-state index contributed by atoms with van der Waals surface area (Å²) in [7, 11) is 1.99. The van der Waals surface area contributed by atoms with Crippen molar-refractivity contribution in [1.82, 2.24) is 14.4 Å². The number of hydrogen-bond donors (Lipinski definition) is 0. The van der Waals surface area contributed by atoms with E-state index >= 15 is 0 Å². The van der Waals surface area contributed by atoms with Crippen LogP contribution in [0.5, 0.6) is 0 Å². The van der Waals surface area contributed by atoms with Gasteiger partial charge in [-0.25, -0.2) is 0 Å². The van der Waals surface area contributed by atoms with E-state index in [4.69, 9.17) is 0 Å². The summed E-state index contributed by atoms with van der Waals surface area (Å²) in [5.74, 6) is -0.714. The van der Waals surface area contributed by atoms with Gasteiger partial charge in [0.05, 0.1) is 0 Å². The SMILES string of the molecule is CN1CCN(C(=O)C(C(=O)c2ccc(Br)cc2)n2ccccc2=O)CC1. The molecule has 2 heterocycles. The maximum absolute atomic E-state index is 13.2. The molecule has 1 unspecified atom stereocenters. The van der Waals surface area contributed by atoms with E-state index in [1.54, 1.807) is 41.3 Å². The molecule has 1 atom stereocenters. The largest absolute Gasteiger partial charge is 0.338 e. The van der Waals surface area contributed by atoms with Crippen molar-refractivity contribution in [3.63, 3.8) is 0 Å².